The summed E-state index contributed by atoms with van der Waals surface area (Å²) in [5.74, 6) is 1.61. The number of hydrogen-bond acceptors (Lipinski definition) is 4. The Labute approximate surface area is 195 Å². The van der Waals surface area contributed by atoms with Gasteiger partial charge in [-0.1, -0.05) is 50.2 Å². The molecule has 0 bridgehead atoms. The van der Waals surface area contributed by atoms with Crippen LogP contribution in [-0.4, -0.2) is 19.0 Å². The number of rotatable bonds is 4. The molecule has 0 fully saturated rings. The molecule has 0 saturated carbocycles. The van der Waals surface area contributed by atoms with Crippen molar-refractivity contribution in [2.75, 3.05) is 12.4 Å². The van der Waals surface area contributed by atoms with Gasteiger partial charge in [-0.3, -0.25) is 4.79 Å². The fraction of sp³-hybridized carbons (Fsp3) is 0.345. The zero-order valence-corrected chi connectivity index (χ0v) is 20.0. The Morgan fingerprint density at radius 3 is 2.55 bits per heavy atom. The largest absolute Gasteiger partial charge is 0.493 e. The Hall–Kier alpha value is -3.27. The average molecular weight is 442 g/mol. The summed E-state index contributed by atoms with van der Waals surface area (Å²) in [6.07, 6.45) is 1.48. The van der Waals surface area contributed by atoms with E-state index in [0.717, 1.165) is 23.2 Å². The van der Waals surface area contributed by atoms with Gasteiger partial charge in [0.2, 0.25) is 0 Å². The van der Waals surface area contributed by atoms with Crippen LogP contribution >= 0.6 is 0 Å². The summed E-state index contributed by atoms with van der Waals surface area (Å²) in [6.45, 7) is 8.38. The van der Waals surface area contributed by atoms with E-state index >= 15 is 0 Å². The molecule has 0 amide bonds. The SMILES string of the molecule is COc1cc([C@@H]2Nc3ccc4ccccc4c3C3=C2C(=O)CC(C)(C)C3)ccc1OC(C)C. The second-order valence-electron chi connectivity index (χ2n) is 10.2. The molecule has 33 heavy (non-hydrogen) atoms. The van der Waals surface area contributed by atoms with Gasteiger partial charge in [0, 0.05) is 23.2 Å². The summed E-state index contributed by atoms with van der Waals surface area (Å²) in [5.41, 5.74) is 5.24. The third-order valence-corrected chi connectivity index (χ3v) is 6.62. The second kappa shape index (κ2) is 7.95. The summed E-state index contributed by atoms with van der Waals surface area (Å²) < 4.78 is 11.6. The fourth-order valence-electron chi connectivity index (χ4n) is 5.30. The minimum atomic E-state index is -0.223. The average Bonchev–Trinajstić information content (AvgIpc) is 2.77. The van der Waals surface area contributed by atoms with Crippen molar-refractivity contribution in [3.05, 3.63) is 71.3 Å². The number of methoxy groups -OCH3 is 1. The first-order valence-corrected chi connectivity index (χ1v) is 11.7. The van der Waals surface area contributed by atoms with E-state index in [1.54, 1.807) is 7.11 Å². The number of nitrogens with one attached hydrogen (secondary N) is 1. The zero-order valence-electron chi connectivity index (χ0n) is 20.0. The molecule has 1 aliphatic carbocycles. The van der Waals surface area contributed by atoms with Crippen LogP contribution in [0.1, 0.15) is 57.7 Å². The van der Waals surface area contributed by atoms with E-state index in [1.807, 2.05) is 32.0 Å². The maximum absolute atomic E-state index is 13.6. The molecule has 1 N–H and O–H groups in total. The van der Waals surface area contributed by atoms with Crippen LogP contribution in [0.25, 0.3) is 16.3 Å². The van der Waals surface area contributed by atoms with Crippen LogP contribution < -0.4 is 14.8 Å². The van der Waals surface area contributed by atoms with E-state index in [0.29, 0.717) is 17.9 Å². The second-order valence-corrected chi connectivity index (χ2v) is 10.2. The zero-order chi connectivity index (χ0) is 23.3. The number of benzene rings is 3. The third kappa shape index (κ3) is 3.78. The Bertz CT molecular complexity index is 1290. The third-order valence-electron chi connectivity index (χ3n) is 6.62. The molecule has 1 aliphatic heterocycles. The number of hydrogen-bond donors (Lipinski definition) is 1. The number of carbonyl (C=O) groups excluding carboxylic acids is 1. The van der Waals surface area contributed by atoms with Crippen molar-refractivity contribution in [2.24, 2.45) is 5.41 Å². The normalized spacial score (nSPS) is 19.2. The fourth-order valence-corrected chi connectivity index (χ4v) is 5.30. The number of allylic oxidation sites excluding steroid dienone is 1. The molecule has 0 spiro atoms. The number of carbonyl (C=O) groups is 1. The van der Waals surface area contributed by atoms with E-state index < -0.39 is 0 Å². The van der Waals surface area contributed by atoms with Crippen LogP contribution in [-0.2, 0) is 4.79 Å². The lowest BCUT2D eigenvalue weighted by Crippen LogP contribution is -2.33. The van der Waals surface area contributed by atoms with Gasteiger partial charge in [-0.25, -0.2) is 0 Å². The van der Waals surface area contributed by atoms with Crippen molar-refractivity contribution in [3.8, 4) is 11.5 Å². The van der Waals surface area contributed by atoms with E-state index in [1.165, 1.54) is 21.9 Å². The molecular formula is C29H31NO3. The van der Waals surface area contributed by atoms with E-state index in [4.69, 9.17) is 9.47 Å². The van der Waals surface area contributed by atoms with Gasteiger partial charge in [0.15, 0.2) is 17.3 Å². The van der Waals surface area contributed by atoms with E-state index in [2.05, 4.69) is 55.6 Å². The smallest absolute Gasteiger partial charge is 0.162 e. The highest BCUT2D eigenvalue weighted by molar-refractivity contribution is 6.12. The molecule has 5 rings (SSSR count). The van der Waals surface area contributed by atoms with E-state index in [-0.39, 0.29) is 23.3 Å². The van der Waals surface area contributed by atoms with Gasteiger partial charge in [0.1, 0.15) is 0 Å². The van der Waals surface area contributed by atoms with Gasteiger partial charge in [-0.15, -0.1) is 0 Å². The van der Waals surface area contributed by atoms with Gasteiger partial charge in [-0.05, 0) is 65.8 Å². The lowest BCUT2D eigenvalue weighted by atomic mass is 9.68. The Balaban J connectivity index is 1.71. The van der Waals surface area contributed by atoms with Crippen molar-refractivity contribution in [2.45, 2.75) is 52.7 Å². The summed E-state index contributed by atoms with van der Waals surface area (Å²) in [7, 11) is 1.65. The highest BCUT2D eigenvalue weighted by atomic mass is 16.5. The number of Topliss-reactive ketones (excluding diaryl/α,β-unsaturated/α-hetero) is 1. The first-order chi connectivity index (χ1) is 15.8. The molecule has 1 atom stereocenters. The van der Waals surface area contributed by atoms with Crippen LogP contribution in [0.3, 0.4) is 0 Å². The van der Waals surface area contributed by atoms with Crippen molar-refractivity contribution >= 4 is 27.8 Å². The monoisotopic (exact) mass is 441 g/mol. The van der Waals surface area contributed by atoms with Crippen molar-refractivity contribution in [3.63, 3.8) is 0 Å². The number of anilines is 1. The van der Waals surface area contributed by atoms with Gasteiger partial charge >= 0.3 is 0 Å². The van der Waals surface area contributed by atoms with Gasteiger partial charge in [-0.2, -0.15) is 0 Å². The Morgan fingerprint density at radius 1 is 1.00 bits per heavy atom. The quantitative estimate of drug-likeness (QED) is 0.476. The minimum Gasteiger partial charge on any atom is -0.493 e. The molecule has 3 aromatic rings. The number of ether oxygens (including phenoxy) is 2. The van der Waals surface area contributed by atoms with Crippen LogP contribution in [0.15, 0.2) is 60.2 Å². The molecular weight excluding hydrogens is 410 g/mol. The molecule has 4 heteroatoms. The Kier molecular flexibility index (Phi) is 5.19. The van der Waals surface area contributed by atoms with Gasteiger partial charge < -0.3 is 14.8 Å². The molecule has 0 aromatic heterocycles. The lowest BCUT2D eigenvalue weighted by Gasteiger charge is -2.40. The molecule has 0 unspecified atom stereocenters. The highest BCUT2D eigenvalue weighted by Gasteiger charge is 2.41. The van der Waals surface area contributed by atoms with Crippen LogP contribution in [0.2, 0.25) is 0 Å². The maximum Gasteiger partial charge on any atom is 0.162 e. The number of ketones is 1. The summed E-state index contributed by atoms with van der Waals surface area (Å²) >= 11 is 0. The molecule has 4 nitrogen and oxygen atoms in total. The summed E-state index contributed by atoms with van der Waals surface area (Å²) in [4.78, 5) is 13.6. The molecule has 3 aromatic carbocycles. The maximum atomic E-state index is 13.6. The molecule has 170 valence electrons. The van der Waals surface area contributed by atoms with Crippen LogP contribution in [0.5, 0.6) is 11.5 Å². The van der Waals surface area contributed by atoms with Crippen molar-refractivity contribution in [1.82, 2.24) is 0 Å². The molecule has 2 aliphatic rings. The van der Waals surface area contributed by atoms with Crippen molar-refractivity contribution < 1.29 is 14.3 Å². The highest BCUT2D eigenvalue weighted by Crippen LogP contribution is 2.52. The first-order valence-electron chi connectivity index (χ1n) is 11.7. The van der Waals surface area contributed by atoms with E-state index in [9.17, 15) is 4.79 Å². The van der Waals surface area contributed by atoms with Crippen molar-refractivity contribution in [1.29, 1.82) is 0 Å². The molecule has 0 radical (unpaired) electrons. The Morgan fingerprint density at radius 2 is 1.79 bits per heavy atom. The predicted molar refractivity (Wildman–Crippen MR) is 134 cm³/mol. The predicted octanol–water partition coefficient (Wildman–Crippen LogP) is 6.95. The number of fused-ring (bicyclic) bond motifs is 4. The molecule has 1 heterocycles. The topological polar surface area (TPSA) is 47.6 Å². The standard InChI is InChI=1S/C29H31NO3/c1-17(2)33-24-13-11-19(14-25(24)32-5)28-27-21(15-29(3,4)16-23(27)31)26-20-9-7-6-8-18(20)10-12-22(26)30-28/h6-14,17,28,30H,15-16H2,1-5H3/t28-/m0/s1. The molecule has 0 saturated heterocycles. The van der Waals surface area contributed by atoms with Crippen LogP contribution in [0, 0.1) is 5.41 Å². The first kappa shape index (κ1) is 21.6. The summed E-state index contributed by atoms with van der Waals surface area (Å²) in [5, 5.41) is 6.08. The van der Waals surface area contributed by atoms with Gasteiger partial charge in [0.05, 0.1) is 19.3 Å². The summed E-state index contributed by atoms with van der Waals surface area (Å²) in [6, 6.07) is 18.5. The lowest BCUT2D eigenvalue weighted by molar-refractivity contribution is -0.118. The minimum absolute atomic E-state index is 0.0502. The van der Waals surface area contributed by atoms with Gasteiger partial charge in [0.25, 0.3) is 0 Å². The van der Waals surface area contributed by atoms with Crippen LogP contribution in [0.4, 0.5) is 5.69 Å².